The smallest absolute Gasteiger partial charge is 0.409 e. The molecule has 0 spiro atoms. The summed E-state index contributed by atoms with van der Waals surface area (Å²) >= 11 is 0. The summed E-state index contributed by atoms with van der Waals surface area (Å²) in [6, 6.07) is 7.63. The second-order valence-corrected chi connectivity index (χ2v) is 3.59. The molecule has 2 N–H and O–H groups in total. The summed E-state index contributed by atoms with van der Waals surface area (Å²) in [6.07, 6.45) is -0.524. The summed E-state index contributed by atoms with van der Waals surface area (Å²) < 4.78 is 9.95. The highest BCUT2D eigenvalue weighted by atomic mass is 16.6. The van der Waals surface area contributed by atoms with Crippen molar-refractivity contribution in [2.45, 2.75) is 13.5 Å². The van der Waals surface area contributed by atoms with Crippen LogP contribution in [0.5, 0.6) is 0 Å². The molecule has 1 aromatic carbocycles. The number of rotatable bonds is 5. The van der Waals surface area contributed by atoms with Crippen LogP contribution in [-0.4, -0.2) is 29.4 Å². The molecule has 2 rings (SSSR count). The Morgan fingerprint density at radius 1 is 1.44 bits per heavy atom. The Balaban J connectivity index is 1.84. The molecule has 1 aromatic heterocycles. The maximum Gasteiger partial charge on any atom is 0.409 e. The molecule has 0 bridgehead atoms. The molecule has 0 aliphatic heterocycles. The minimum atomic E-state index is -0.524. The zero-order valence-electron chi connectivity index (χ0n) is 10.1. The van der Waals surface area contributed by atoms with E-state index in [0.717, 1.165) is 11.0 Å². The van der Waals surface area contributed by atoms with E-state index in [9.17, 15) is 4.79 Å². The fourth-order valence-electron chi connectivity index (χ4n) is 1.47. The lowest BCUT2D eigenvalue weighted by molar-refractivity contribution is 0.0976. The number of carbonyl (C=O) groups is 1. The number of hydrogen-bond donors (Lipinski definition) is 2. The first-order valence-corrected chi connectivity index (χ1v) is 5.71. The van der Waals surface area contributed by atoms with Crippen LogP contribution in [0.3, 0.4) is 0 Å². The fraction of sp³-hybridized carbons (Fsp3) is 0.333. The number of ether oxygens (including phenoxy) is 2. The summed E-state index contributed by atoms with van der Waals surface area (Å²) in [5, 5.41) is 2.46. The monoisotopic (exact) mass is 249 g/mol. The zero-order valence-corrected chi connectivity index (χ0v) is 10.1. The van der Waals surface area contributed by atoms with Gasteiger partial charge in [0.25, 0.3) is 0 Å². The SMILES string of the molecule is CCOCNC(=O)OCc1nc2ccccc2[nH]1. The van der Waals surface area contributed by atoms with Crippen LogP contribution in [0.15, 0.2) is 24.3 Å². The number of aromatic amines is 1. The molecule has 0 radical (unpaired) electrons. The second-order valence-electron chi connectivity index (χ2n) is 3.59. The van der Waals surface area contributed by atoms with Gasteiger partial charge in [0.1, 0.15) is 12.6 Å². The van der Waals surface area contributed by atoms with E-state index < -0.39 is 6.09 Å². The first-order valence-electron chi connectivity index (χ1n) is 5.71. The molecule has 0 saturated heterocycles. The summed E-state index contributed by atoms with van der Waals surface area (Å²) in [6.45, 7) is 2.65. The normalized spacial score (nSPS) is 10.5. The van der Waals surface area contributed by atoms with Crippen LogP contribution in [0.4, 0.5) is 4.79 Å². The maximum atomic E-state index is 11.3. The van der Waals surface area contributed by atoms with Crippen molar-refractivity contribution in [3.05, 3.63) is 30.1 Å². The molecule has 6 heteroatoms. The van der Waals surface area contributed by atoms with E-state index in [1.807, 2.05) is 31.2 Å². The van der Waals surface area contributed by atoms with Crippen LogP contribution in [-0.2, 0) is 16.1 Å². The minimum Gasteiger partial charge on any atom is -0.441 e. The lowest BCUT2D eigenvalue weighted by Gasteiger charge is -2.05. The fourth-order valence-corrected chi connectivity index (χ4v) is 1.47. The first-order chi connectivity index (χ1) is 8.79. The van der Waals surface area contributed by atoms with Gasteiger partial charge in [-0.25, -0.2) is 9.78 Å². The number of nitrogens with one attached hydrogen (secondary N) is 2. The highest BCUT2D eigenvalue weighted by Crippen LogP contribution is 2.10. The molecule has 0 atom stereocenters. The Morgan fingerprint density at radius 3 is 3.06 bits per heavy atom. The number of fused-ring (bicyclic) bond motifs is 1. The third kappa shape index (κ3) is 3.21. The Kier molecular flexibility index (Phi) is 4.14. The van der Waals surface area contributed by atoms with Gasteiger partial charge in [0.15, 0.2) is 6.61 Å². The number of hydrogen-bond acceptors (Lipinski definition) is 4. The van der Waals surface area contributed by atoms with Gasteiger partial charge in [-0.05, 0) is 19.1 Å². The molecular formula is C12H15N3O3. The second kappa shape index (κ2) is 6.02. The third-order valence-electron chi connectivity index (χ3n) is 2.30. The van der Waals surface area contributed by atoms with Crippen molar-refractivity contribution in [3.8, 4) is 0 Å². The largest absolute Gasteiger partial charge is 0.441 e. The highest BCUT2D eigenvalue weighted by molar-refractivity contribution is 5.74. The molecule has 0 saturated carbocycles. The minimum absolute atomic E-state index is 0.104. The Bertz CT molecular complexity index is 491. The van der Waals surface area contributed by atoms with Crippen molar-refractivity contribution in [3.63, 3.8) is 0 Å². The van der Waals surface area contributed by atoms with Gasteiger partial charge >= 0.3 is 6.09 Å². The molecule has 1 amide bonds. The van der Waals surface area contributed by atoms with Crippen LogP contribution in [0.2, 0.25) is 0 Å². The summed E-state index contributed by atoms with van der Waals surface area (Å²) in [7, 11) is 0. The Hall–Kier alpha value is -2.08. The lowest BCUT2D eigenvalue weighted by atomic mass is 10.3. The van der Waals surface area contributed by atoms with Crippen LogP contribution in [0.1, 0.15) is 12.7 Å². The standard InChI is InChI=1S/C12H15N3O3/c1-2-17-8-13-12(16)18-7-11-14-9-5-3-4-6-10(9)15-11/h3-6H,2,7-8H2,1H3,(H,13,16)(H,14,15). The van der Waals surface area contributed by atoms with Crippen molar-refractivity contribution in [1.82, 2.24) is 15.3 Å². The molecule has 0 unspecified atom stereocenters. The maximum absolute atomic E-state index is 11.3. The number of carbonyl (C=O) groups excluding carboxylic acids is 1. The number of nitrogens with zero attached hydrogens (tertiary/aromatic N) is 1. The van der Waals surface area contributed by atoms with E-state index in [4.69, 9.17) is 9.47 Å². The van der Waals surface area contributed by atoms with Crippen LogP contribution < -0.4 is 5.32 Å². The number of imidazole rings is 1. The third-order valence-corrected chi connectivity index (χ3v) is 2.30. The van der Waals surface area contributed by atoms with Crippen molar-refractivity contribution >= 4 is 17.1 Å². The molecular weight excluding hydrogens is 234 g/mol. The van der Waals surface area contributed by atoms with E-state index in [2.05, 4.69) is 15.3 Å². The van der Waals surface area contributed by atoms with Crippen molar-refractivity contribution in [2.75, 3.05) is 13.3 Å². The van der Waals surface area contributed by atoms with Crippen molar-refractivity contribution < 1.29 is 14.3 Å². The van der Waals surface area contributed by atoms with E-state index in [1.54, 1.807) is 0 Å². The number of para-hydroxylation sites is 2. The van der Waals surface area contributed by atoms with Crippen LogP contribution >= 0.6 is 0 Å². The van der Waals surface area contributed by atoms with Gasteiger partial charge < -0.3 is 14.5 Å². The van der Waals surface area contributed by atoms with Crippen molar-refractivity contribution in [2.24, 2.45) is 0 Å². The van der Waals surface area contributed by atoms with Crippen LogP contribution in [0, 0.1) is 0 Å². The Labute approximate surface area is 104 Å². The summed E-state index contributed by atoms with van der Waals surface area (Å²) in [4.78, 5) is 18.6. The molecule has 6 nitrogen and oxygen atoms in total. The van der Waals surface area contributed by atoms with Crippen molar-refractivity contribution in [1.29, 1.82) is 0 Å². The predicted molar refractivity (Wildman–Crippen MR) is 65.9 cm³/mol. The number of alkyl carbamates (subject to hydrolysis) is 1. The zero-order chi connectivity index (χ0) is 12.8. The van der Waals surface area contributed by atoms with Gasteiger partial charge in [-0.1, -0.05) is 12.1 Å². The number of amides is 1. The molecule has 2 aromatic rings. The van der Waals surface area contributed by atoms with Gasteiger partial charge in [-0.15, -0.1) is 0 Å². The van der Waals surface area contributed by atoms with Gasteiger partial charge in [-0.2, -0.15) is 0 Å². The molecule has 0 aliphatic carbocycles. The van der Waals surface area contributed by atoms with Gasteiger partial charge in [-0.3, -0.25) is 5.32 Å². The predicted octanol–water partition coefficient (Wildman–Crippen LogP) is 1.78. The molecule has 0 fully saturated rings. The topological polar surface area (TPSA) is 76.2 Å². The number of benzene rings is 1. The van der Waals surface area contributed by atoms with Gasteiger partial charge in [0.05, 0.1) is 11.0 Å². The number of aromatic nitrogens is 2. The average Bonchev–Trinajstić information content (AvgIpc) is 2.79. The van der Waals surface area contributed by atoms with E-state index >= 15 is 0 Å². The molecule has 1 heterocycles. The van der Waals surface area contributed by atoms with E-state index in [0.29, 0.717) is 12.4 Å². The van der Waals surface area contributed by atoms with Crippen LogP contribution in [0.25, 0.3) is 11.0 Å². The summed E-state index contributed by atoms with van der Waals surface area (Å²) in [5.74, 6) is 0.614. The lowest BCUT2D eigenvalue weighted by Crippen LogP contribution is -2.26. The molecule has 18 heavy (non-hydrogen) atoms. The van der Waals surface area contributed by atoms with E-state index in [-0.39, 0.29) is 13.3 Å². The number of H-pyrrole nitrogens is 1. The Morgan fingerprint density at radius 2 is 2.28 bits per heavy atom. The van der Waals surface area contributed by atoms with Gasteiger partial charge in [0, 0.05) is 6.61 Å². The average molecular weight is 249 g/mol. The molecule has 0 aliphatic rings. The highest BCUT2D eigenvalue weighted by Gasteiger charge is 2.05. The first kappa shape index (κ1) is 12.4. The summed E-state index contributed by atoms with van der Waals surface area (Å²) in [5.41, 5.74) is 1.77. The van der Waals surface area contributed by atoms with E-state index in [1.165, 1.54) is 0 Å². The molecule has 96 valence electrons. The van der Waals surface area contributed by atoms with Gasteiger partial charge in [0.2, 0.25) is 0 Å². The quantitative estimate of drug-likeness (QED) is 0.625.